The Balaban J connectivity index is 1.41. The number of nitrogens with zero attached hydrogens (tertiary/aromatic N) is 2. The summed E-state index contributed by atoms with van der Waals surface area (Å²) in [6.45, 7) is 1.72. The lowest BCUT2D eigenvalue weighted by molar-refractivity contribution is 0.0265. The predicted octanol–water partition coefficient (Wildman–Crippen LogP) is 5.13. The molecule has 0 radical (unpaired) electrons. The molecule has 2 heterocycles. The summed E-state index contributed by atoms with van der Waals surface area (Å²) in [5.41, 5.74) is 2.60. The maximum atomic E-state index is 12.4. The van der Waals surface area contributed by atoms with E-state index in [9.17, 15) is 4.79 Å². The van der Waals surface area contributed by atoms with Gasteiger partial charge in [0.25, 0.3) is 5.89 Å². The Bertz CT molecular complexity index is 906. The molecular weight excluding hydrogens is 380 g/mol. The molecule has 0 N–H and O–H groups in total. The van der Waals surface area contributed by atoms with Crippen molar-refractivity contribution in [2.45, 2.75) is 17.6 Å². The van der Waals surface area contributed by atoms with Crippen LogP contribution in [-0.4, -0.2) is 27.6 Å². The van der Waals surface area contributed by atoms with Gasteiger partial charge in [-0.15, -0.1) is 23.5 Å². The largest absolute Gasteiger partial charge is 0.449 e. The molecule has 1 fully saturated rings. The van der Waals surface area contributed by atoms with E-state index in [0.29, 0.717) is 16.0 Å². The minimum atomic E-state index is -0.622. The number of benzene rings is 2. The highest BCUT2D eigenvalue weighted by atomic mass is 32.2. The summed E-state index contributed by atoms with van der Waals surface area (Å²) in [7, 11) is 0. The first kappa shape index (κ1) is 18.1. The van der Waals surface area contributed by atoms with Crippen molar-refractivity contribution in [2.24, 2.45) is 0 Å². The van der Waals surface area contributed by atoms with Crippen LogP contribution >= 0.6 is 23.5 Å². The third-order valence-electron chi connectivity index (χ3n) is 4.15. The fourth-order valence-corrected chi connectivity index (χ4v) is 5.57. The van der Waals surface area contributed by atoms with Crippen LogP contribution < -0.4 is 0 Å². The molecule has 3 aromatic rings. The van der Waals surface area contributed by atoms with Crippen molar-refractivity contribution < 1.29 is 14.1 Å². The van der Waals surface area contributed by atoms with Gasteiger partial charge in [-0.1, -0.05) is 47.6 Å². The van der Waals surface area contributed by atoms with E-state index >= 15 is 0 Å². The lowest BCUT2D eigenvalue weighted by atomic mass is 10.1. The normalized spacial score (nSPS) is 15.6. The predicted molar refractivity (Wildman–Crippen MR) is 108 cm³/mol. The van der Waals surface area contributed by atoms with Crippen molar-refractivity contribution in [3.05, 3.63) is 71.6 Å². The first-order valence-electron chi connectivity index (χ1n) is 8.64. The number of carbonyl (C=O) groups is 1. The maximum absolute atomic E-state index is 12.4. The minimum absolute atomic E-state index is 0.276. The van der Waals surface area contributed by atoms with Gasteiger partial charge in [-0.2, -0.15) is 4.98 Å². The highest BCUT2D eigenvalue weighted by Gasteiger charge is 2.21. The number of thioether (sulfide) groups is 2. The second kappa shape index (κ2) is 8.19. The Hall–Kier alpha value is -2.25. The monoisotopic (exact) mass is 398 g/mol. The molecule has 1 aromatic heterocycles. The standard InChI is InChI=1S/C20H18N2O3S2/c1-13(18-21-17(22-25-18)14-5-3-2-4-6-14)24-19(23)15-7-9-16(10-8-15)20-26-11-12-27-20/h2-10,13,20H,11-12H2,1H3/t13-/m1/s1. The molecule has 27 heavy (non-hydrogen) atoms. The smallest absolute Gasteiger partial charge is 0.338 e. The van der Waals surface area contributed by atoms with Crippen LogP contribution in [0.5, 0.6) is 0 Å². The second-order valence-corrected chi connectivity index (χ2v) is 8.79. The molecule has 0 unspecified atom stereocenters. The molecule has 1 atom stereocenters. The fraction of sp³-hybridized carbons (Fsp3) is 0.250. The number of ether oxygens (including phenoxy) is 1. The van der Waals surface area contributed by atoms with Crippen molar-refractivity contribution in [3.8, 4) is 11.4 Å². The summed E-state index contributed by atoms with van der Waals surface area (Å²) in [4.78, 5) is 16.7. The Morgan fingerprint density at radius 3 is 2.52 bits per heavy atom. The van der Waals surface area contributed by atoms with Gasteiger partial charge in [0.05, 0.1) is 10.1 Å². The van der Waals surface area contributed by atoms with Crippen LogP contribution in [-0.2, 0) is 4.74 Å². The van der Waals surface area contributed by atoms with Crippen molar-refractivity contribution >= 4 is 29.5 Å². The number of hydrogen-bond donors (Lipinski definition) is 0. The lowest BCUT2D eigenvalue weighted by Crippen LogP contribution is -2.09. The van der Waals surface area contributed by atoms with E-state index in [1.165, 1.54) is 17.1 Å². The number of rotatable bonds is 5. The van der Waals surface area contributed by atoms with Gasteiger partial charge in [0, 0.05) is 17.1 Å². The Kier molecular flexibility index (Phi) is 5.50. The number of aromatic nitrogens is 2. The zero-order valence-electron chi connectivity index (χ0n) is 14.7. The van der Waals surface area contributed by atoms with Gasteiger partial charge in [-0.05, 0) is 24.6 Å². The van der Waals surface area contributed by atoms with E-state index in [-0.39, 0.29) is 5.89 Å². The molecule has 0 bridgehead atoms. The number of carbonyl (C=O) groups excluding carboxylic acids is 1. The van der Waals surface area contributed by atoms with E-state index < -0.39 is 12.1 Å². The highest BCUT2D eigenvalue weighted by molar-refractivity contribution is 8.19. The summed E-state index contributed by atoms with van der Waals surface area (Å²) in [6, 6.07) is 17.1. The Labute approximate surface area is 165 Å². The van der Waals surface area contributed by atoms with Crippen molar-refractivity contribution in [3.63, 3.8) is 0 Å². The Morgan fingerprint density at radius 1 is 1.11 bits per heavy atom. The number of hydrogen-bond acceptors (Lipinski definition) is 7. The molecule has 5 nitrogen and oxygen atoms in total. The van der Waals surface area contributed by atoms with Crippen LogP contribution in [0.3, 0.4) is 0 Å². The lowest BCUT2D eigenvalue weighted by Gasteiger charge is -2.11. The minimum Gasteiger partial charge on any atom is -0.449 e. The fourth-order valence-electron chi connectivity index (χ4n) is 2.71. The van der Waals surface area contributed by atoms with E-state index in [1.807, 2.05) is 78.1 Å². The molecule has 1 aliphatic heterocycles. The molecule has 0 aliphatic carbocycles. The molecule has 1 saturated heterocycles. The average Bonchev–Trinajstić information content (AvgIpc) is 3.41. The molecule has 4 rings (SSSR count). The Morgan fingerprint density at radius 2 is 1.81 bits per heavy atom. The zero-order valence-corrected chi connectivity index (χ0v) is 16.3. The van der Waals surface area contributed by atoms with Gasteiger partial charge in [0.15, 0.2) is 6.10 Å². The maximum Gasteiger partial charge on any atom is 0.338 e. The molecule has 1 aliphatic rings. The quantitative estimate of drug-likeness (QED) is 0.552. The zero-order chi connectivity index (χ0) is 18.6. The van der Waals surface area contributed by atoms with Gasteiger partial charge in [-0.25, -0.2) is 4.79 Å². The molecule has 2 aromatic carbocycles. The van der Waals surface area contributed by atoms with E-state index in [4.69, 9.17) is 9.26 Å². The van der Waals surface area contributed by atoms with E-state index in [2.05, 4.69) is 10.1 Å². The second-order valence-electron chi connectivity index (χ2n) is 6.07. The van der Waals surface area contributed by atoms with Crippen LogP contribution in [0.2, 0.25) is 0 Å². The van der Waals surface area contributed by atoms with Crippen LogP contribution in [0.4, 0.5) is 0 Å². The third-order valence-corrected chi connectivity index (χ3v) is 7.25. The average molecular weight is 399 g/mol. The van der Waals surface area contributed by atoms with Gasteiger partial charge in [0.1, 0.15) is 0 Å². The van der Waals surface area contributed by atoms with Crippen LogP contribution in [0.15, 0.2) is 59.1 Å². The van der Waals surface area contributed by atoms with Crippen LogP contribution in [0.25, 0.3) is 11.4 Å². The molecule has 0 spiro atoms. The van der Waals surface area contributed by atoms with Gasteiger partial charge in [-0.3, -0.25) is 0 Å². The summed E-state index contributed by atoms with van der Waals surface area (Å²) in [6.07, 6.45) is -0.622. The van der Waals surface area contributed by atoms with Gasteiger partial charge < -0.3 is 9.26 Å². The van der Waals surface area contributed by atoms with Crippen LogP contribution in [0.1, 0.15) is 39.4 Å². The van der Waals surface area contributed by atoms with E-state index in [0.717, 1.165) is 5.56 Å². The number of esters is 1. The van der Waals surface area contributed by atoms with E-state index in [1.54, 1.807) is 6.92 Å². The SMILES string of the molecule is C[C@@H](OC(=O)c1ccc(C2SCCS2)cc1)c1nc(-c2ccccc2)no1. The summed E-state index contributed by atoms with van der Waals surface area (Å²) < 4.78 is 11.2. The molecule has 0 saturated carbocycles. The first-order valence-corrected chi connectivity index (χ1v) is 10.7. The van der Waals surface area contributed by atoms with Crippen molar-refractivity contribution in [2.75, 3.05) is 11.5 Å². The van der Waals surface area contributed by atoms with Crippen molar-refractivity contribution in [1.29, 1.82) is 0 Å². The third kappa shape index (κ3) is 4.20. The van der Waals surface area contributed by atoms with Gasteiger partial charge >= 0.3 is 5.97 Å². The topological polar surface area (TPSA) is 65.2 Å². The summed E-state index contributed by atoms with van der Waals surface area (Å²) in [5, 5.41) is 3.96. The molecular formula is C20H18N2O3S2. The summed E-state index contributed by atoms with van der Waals surface area (Å²) in [5.74, 6) is 2.69. The molecule has 7 heteroatoms. The molecule has 138 valence electrons. The molecule has 0 amide bonds. The van der Waals surface area contributed by atoms with Crippen molar-refractivity contribution in [1.82, 2.24) is 10.1 Å². The first-order chi connectivity index (χ1) is 13.2. The summed E-state index contributed by atoms with van der Waals surface area (Å²) >= 11 is 3.87. The highest BCUT2D eigenvalue weighted by Crippen LogP contribution is 2.45. The van der Waals surface area contributed by atoms with Gasteiger partial charge in [0.2, 0.25) is 5.82 Å². The van der Waals surface area contributed by atoms with Crippen LogP contribution in [0, 0.1) is 0 Å².